The minimum atomic E-state index is -0.153. The van der Waals surface area contributed by atoms with Crippen LogP contribution in [0.4, 0.5) is 0 Å². The summed E-state index contributed by atoms with van der Waals surface area (Å²) >= 11 is 0. The SMILES string of the molecule is CNC(CC(C)(C)OC)c1cnc2ccccc2c1. The molecule has 0 amide bonds. The highest BCUT2D eigenvalue weighted by Crippen LogP contribution is 2.26. The van der Waals surface area contributed by atoms with E-state index in [9.17, 15) is 0 Å². The summed E-state index contributed by atoms with van der Waals surface area (Å²) in [7, 11) is 3.73. The third-order valence-corrected chi connectivity index (χ3v) is 3.61. The van der Waals surface area contributed by atoms with Gasteiger partial charge >= 0.3 is 0 Å². The number of ether oxygens (including phenoxy) is 1. The summed E-state index contributed by atoms with van der Waals surface area (Å²) in [6.07, 6.45) is 2.86. The molecule has 2 rings (SSSR count). The van der Waals surface area contributed by atoms with Crippen molar-refractivity contribution in [2.75, 3.05) is 14.2 Å². The van der Waals surface area contributed by atoms with Crippen LogP contribution in [0.5, 0.6) is 0 Å². The van der Waals surface area contributed by atoms with Gasteiger partial charge in [-0.05, 0) is 45.0 Å². The summed E-state index contributed by atoms with van der Waals surface area (Å²) in [5.74, 6) is 0. The van der Waals surface area contributed by atoms with E-state index in [2.05, 4.69) is 36.3 Å². The van der Waals surface area contributed by atoms with Gasteiger partial charge in [0.25, 0.3) is 0 Å². The van der Waals surface area contributed by atoms with Crippen molar-refractivity contribution in [3.8, 4) is 0 Å². The zero-order valence-electron chi connectivity index (χ0n) is 12.1. The van der Waals surface area contributed by atoms with Crippen molar-refractivity contribution >= 4 is 10.9 Å². The molecule has 0 aliphatic carbocycles. The molecule has 0 aliphatic heterocycles. The molecule has 0 bridgehead atoms. The number of nitrogens with zero attached hydrogens (tertiary/aromatic N) is 1. The lowest BCUT2D eigenvalue weighted by atomic mass is 9.94. The molecule has 19 heavy (non-hydrogen) atoms. The van der Waals surface area contributed by atoms with Gasteiger partial charge in [0.15, 0.2) is 0 Å². The molecular weight excluding hydrogens is 236 g/mol. The van der Waals surface area contributed by atoms with Crippen molar-refractivity contribution in [2.45, 2.75) is 31.9 Å². The van der Waals surface area contributed by atoms with E-state index in [0.29, 0.717) is 0 Å². The van der Waals surface area contributed by atoms with E-state index in [0.717, 1.165) is 11.9 Å². The lowest BCUT2D eigenvalue weighted by Crippen LogP contribution is -2.30. The molecule has 1 N–H and O–H groups in total. The average molecular weight is 258 g/mol. The number of pyridine rings is 1. The summed E-state index contributed by atoms with van der Waals surface area (Å²) < 4.78 is 5.52. The number of fused-ring (bicyclic) bond motifs is 1. The third-order valence-electron chi connectivity index (χ3n) is 3.61. The van der Waals surface area contributed by atoms with E-state index in [1.807, 2.05) is 31.4 Å². The molecule has 0 radical (unpaired) electrons. The Bertz CT molecular complexity index is 551. The molecule has 0 aliphatic rings. The van der Waals surface area contributed by atoms with Crippen molar-refractivity contribution in [2.24, 2.45) is 0 Å². The fourth-order valence-corrected chi connectivity index (χ4v) is 2.24. The van der Waals surface area contributed by atoms with E-state index in [-0.39, 0.29) is 11.6 Å². The number of para-hydroxylation sites is 1. The van der Waals surface area contributed by atoms with Crippen molar-refractivity contribution in [3.05, 3.63) is 42.1 Å². The quantitative estimate of drug-likeness (QED) is 0.893. The van der Waals surface area contributed by atoms with Crippen LogP contribution in [0.3, 0.4) is 0 Å². The fourth-order valence-electron chi connectivity index (χ4n) is 2.24. The second-order valence-corrected chi connectivity index (χ2v) is 5.47. The molecule has 1 aromatic carbocycles. The summed E-state index contributed by atoms with van der Waals surface area (Å²) in [5, 5.41) is 4.53. The van der Waals surface area contributed by atoms with Crippen molar-refractivity contribution in [1.29, 1.82) is 0 Å². The molecule has 0 spiro atoms. The Hall–Kier alpha value is -1.45. The highest BCUT2D eigenvalue weighted by atomic mass is 16.5. The number of rotatable bonds is 5. The third kappa shape index (κ3) is 3.31. The van der Waals surface area contributed by atoms with E-state index < -0.39 is 0 Å². The van der Waals surface area contributed by atoms with Gasteiger partial charge in [-0.2, -0.15) is 0 Å². The van der Waals surface area contributed by atoms with Gasteiger partial charge in [-0.25, -0.2) is 0 Å². The van der Waals surface area contributed by atoms with E-state index >= 15 is 0 Å². The molecule has 3 heteroatoms. The highest BCUT2D eigenvalue weighted by molar-refractivity contribution is 5.78. The molecule has 3 nitrogen and oxygen atoms in total. The van der Waals surface area contributed by atoms with Gasteiger partial charge in [0, 0.05) is 24.7 Å². The van der Waals surface area contributed by atoms with Crippen LogP contribution in [-0.2, 0) is 4.74 Å². The summed E-state index contributed by atoms with van der Waals surface area (Å²) in [5.41, 5.74) is 2.08. The second kappa shape index (κ2) is 5.68. The van der Waals surface area contributed by atoms with Gasteiger partial charge in [-0.1, -0.05) is 18.2 Å². The van der Waals surface area contributed by atoms with E-state index in [1.165, 1.54) is 10.9 Å². The average Bonchev–Trinajstić information content (AvgIpc) is 2.44. The molecule has 1 atom stereocenters. The second-order valence-electron chi connectivity index (χ2n) is 5.47. The van der Waals surface area contributed by atoms with Gasteiger partial charge in [0.2, 0.25) is 0 Å². The molecule has 1 heterocycles. The first kappa shape index (κ1) is 14.0. The Labute approximate surface area is 115 Å². The highest BCUT2D eigenvalue weighted by Gasteiger charge is 2.23. The number of hydrogen-bond acceptors (Lipinski definition) is 3. The first-order valence-electron chi connectivity index (χ1n) is 6.63. The fraction of sp³-hybridized carbons (Fsp3) is 0.438. The van der Waals surface area contributed by atoms with Crippen LogP contribution in [0.25, 0.3) is 10.9 Å². The van der Waals surface area contributed by atoms with E-state index in [4.69, 9.17) is 4.74 Å². The van der Waals surface area contributed by atoms with Crippen molar-refractivity contribution in [3.63, 3.8) is 0 Å². The largest absolute Gasteiger partial charge is 0.379 e. The van der Waals surface area contributed by atoms with Gasteiger partial charge in [0.1, 0.15) is 0 Å². The normalized spacial score (nSPS) is 13.7. The molecule has 0 fully saturated rings. The topological polar surface area (TPSA) is 34.1 Å². The standard InChI is InChI=1S/C16H22N2O/c1-16(2,19-4)10-15(17-3)13-9-12-7-5-6-8-14(12)18-11-13/h5-9,11,15,17H,10H2,1-4H3. The van der Waals surface area contributed by atoms with Gasteiger partial charge in [-0.15, -0.1) is 0 Å². The zero-order valence-corrected chi connectivity index (χ0v) is 12.1. The van der Waals surface area contributed by atoms with Crippen LogP contribution in [0.1, 0.15) is 31.9 Å². The molecule has 0 saturated carbocycles. The van der Waals surface area contributed by atoms with Crippen LogP contribution in [-0.4, -0.2) is 24.7 Å². The summed E-state index contributed by atoms with van der Waals surface area (Å²) in [6.45, 7) is 4.21. The Kier molecular flexibility index (Phi) is 4.17. The molecule has 0 saturated heterocycles. The molecule has 2 aromatic rings. The van der Waals surface area contributed by atoms with Crippen LogP contribution in [0.15, 0.2) is 36.5 Å². The van der Waals surface area contributed by atoms with Gasteiger partial charge < -0.3 is 10.1 Å². The molecule has 1 aromatic heterocycles. The summed E-state index contributed by atoms with van der Waals surface area (Å²) in [4.78, 5) is 4.53. The van der Waals surface area contributed by atoms with Crippen LogP contribution >= 0.6 is 0 Å². The molecule has 102 valence electrons. The number of benzene rings is 1. The van der Waals surface area contributed by atoms with Crippen molar-refractivity contribution < 1.29 is 4.74 Å². The predicted octanol–water partition coefficient (Wildman–Crippen LogP) is 3.31. The minimum absolute atomic E-state index is 0.153. The Morgan fingerprint density at radius 3 is 2.74 bits per heavy atom. The number of aromatic nitrogens is 1. The number of methoxy groups -OCH3 is 1. The van der Waals surface area contributed by atoms with E-state index in [1.54, 1.807) is 7.11 Å². The smallest absolute Gasteiger partial charge is 0.0702 e. The van der Waals surface area contributed by atoms with Crippen LogP contribution in [0, 0.1) is 0 Å². The summed E-state index contributed by atoms with van der Waals surface area (Å²) in [6, 6.07) is 10.6. The monoisotopic (exact) mass is 258 g/mol. The van der Waals surface area contributed by atoms with Crippen LogP contribution < -0.4 is 5.32 Å². The first-order valence-corrected chi connectivity index (χ1v) is 6.63. The molecule has 1 unspecified atom stereocenters. The number of nitrogens with one attached hydrogen (secondary N) is 1. The Balaban J connectivity index is 2.30. The number of hydrogen-bond donors (Lipinski definition) is 1. The van der Waals surface area contributed by atoms with Crippen LogP contribution in [0.2, 0.25) is 0 Å². The lowest BCUT2D eigenvalue weighted by Gasteiger charge is -2.28. The van der Waals surface area contributed by atoms with Gasteiger partial charge in [-0.3, -0.25) is 4.98 Å². The maximum Gasteiger partial charge on any atom is 0.0702 e. The first-order chi connectivity index (χ1) is 9.05. The predicted molar refractivity (Wildman–Crippen MR) is 79.2 cm³/mol. The maximum absolute atomic E-state index is 5.52. The van der Waals surface area contributed by atoms with Gasteiger partial charge in [0.05, 0.1) is 11.1 Å². The lowest BCUT2D eigenvalue weighted by molar-refractivity contribution is 0.00743. The minimum Gasteiger partial charge on any atom is -0.379 e. The Morgan fingerprint density at radius 1 is 1.32 bits per heavy atom. The maximum atomic E-state index is 5.52. The Morgan fingerprint density at radius 2 is 2.05 bits per heavy atom. The zero-order chi connectivity index (χ0) is 13.9. The molecular formula is C16H22N2O. The van der Waals surface area contributed by atoms with Crippen molar-refractivity contribution in [1.82, 2.24) is 10.3 Å².